The third kappa shape index (κ3) is 4.50. The van der Waals surface area contributed by atoms with Crippen molar-refractivity contribution in [2.75, 3.05) is 0 Å². The van der Waals surface area contributed by atoms with Crippen molar-refractivity contribution in [1.82, 2.24) is 5.32 Å². The molecule has 2 aromatic rings. The van der Waals surface area contributed by atoms with Gasteiger partial charge < -0.3 is 10.1 Å². The zero-order chi connectivity index (χ0) is 17.9. The van der Waals surface area contributed by atoms with E-state index in [9.17, 15) is 18.0 Å². The summed E-state index contributed by atoms with van der Waals surface area (Å²) in [6.07, 6.45) is -0.891. The molecule has 2 atom stereocenters. The molecule has 0 radical (unpaired) electrons. The normalized spacial score (nSPS) is 13.2. The van der Waals surface area contributed by atoms with Crippen LogP contribution < -0.4 is 10.1 Å². The minimum atomic E-state index is -0.891. The first-order valence-electron chi connectivity index (χ1n) is 7.15. The second-order valence-electron chi connectivity index (χ2n) is 5.23. The van der Waals surface area contributed by atoms with E-state index >= 15 is 0 Å². The topological polar surface area (TPSA) is 38.3 Å². The fraction of sp³-hybridized carbons (Fsp3) is 0.235. The molecule has 0 fully saturated rings. The fourth-order valence-electron chi connectivity index (χ4n) is 2.08. The molecule has 2 unspecified atom stereocenters. The zero-order valence-electron chi connectivity index (χ0n) is 12.9. The van der Waals surface area contributed by atoms with Crippen LogP contribution in [0.2, 0.25) is 0 Å². The van der Waals surface area contributed by atoms with E-state index in [0.29, 0.717) is 10.2 Å². The van der Waals surface area contributed by atoms with E-state index in [0.717, 1.165) is 12.1 Å². The highest BCUT2D eigenvalue weighted by Crippen LogP contribution is 2.26. The van der Waals surface area contributed by atoms with E-state index in [1.54, 1.807) is 6.92 Å². The lowest BCUT2D eigenvalue weighted by Gasteiger charge is -2.20. The molecular formula is C17H15BrF3NO2. The summed E-state index contributed by atoms with van der Waals surface area (Å²) in [5, 5.41) is 2.59. The Bertz CT molecular complexity index is 755. The maximum Gasteiger partial charge on any atom is 0.261 e. The summed E-state index contributed by atoms with van der Waals surface area (Å²) in [6, 6.07) is 6.31. The van der Waals surface area contributed by atoms with Gasteiger partial charge in [0, 0.05) is 11.6 Å². The number of rotatable bonds is 5. The summed E-state index contributed by atoms with van der Waals surface area (Å²) in [4.78, 5) is 12.2. The standard InChI is InChI=1S/C17H15BrF3NO2/c1-9(13-5-3-12(20)8-15(13)21)22-17(23)10(2)24-16-6-4-11(19)7-14(16)18/h3-10H,1-2H3,(H,22,23). The van der Waals surface area contributed by atoms with Crippen LogP contribution in [0.1, 0.15) is 25.5 Å². The SMILES string of the molecule is CC(Oc1ccc(F)cc1Br)C(=O)NC(C)c1ccc(F)cc1F. The van der Waals surface area contributed by atoms with Crippen molar-refractivity contribution in [1.29, 1.82) is 0 Å². The molecule has 128 valence electrons. The Morgan fingerprint density at radius 1 is 1.08 bits per heavy atom. The summed E-state index contributed by atoms with van der Waals surface area (Å²) in [7, 11) is 0. The van der Waals surface area contributed by atoms with Crippen molar-refractivity contribution in [2.24, 2.45) is 0 Å². The van der Waals surface area contributed by atoms with Crippen molar-refractivity contribution in [3.8, 4) is 5.75 Å². The van der Waals surface area contributed by atoms with E-state index in [-0.39, 0.29) is 5.56 Å². The van der Waals surface area contributed by atoms with Gasteiger partial charge >= 0.3 is 0 Å². The van der Waals surface area contributed by atoms with Crippen molar-refractivity contribution < 1.29 is 22.7 Å². The number of hydrogen-bond acceptors (Lipinski definition) is 2. The van der Waals surface area contributed by atoms with Crippen molar-refractivity contribution >= 4 is 21.8 Å². The number of amides is 1. The monoisotopic (exact) mass is 401 g/mol. The number of ether oxygens (including phenoxy) is 1. The van der Waals surface area contributed by atoms with Gasteiger partial charge in [0.15, 0.2) is 6.10 Å². The summed E-state index contributed by atoms with van der Waals surface area (Å²) in [5.41, 5.74) is 0.167. The predicted molar refractivity (Wildman–Crippen MR) is 87.1 cm³/mol. The molecule has 24 heavy (non-hydrogen) atoms. The van der Waals surface area contributed by atoms with Crippen LogP contribution in [-0.4, -0.2) is 12.0 Å². The summed E-state index contributed by atoms with van der Waals surface area (Å²) in [5.74, 6) is -2.04. The molecule has 0 saturated carbocycles. The Kier molecular flexibility index (Phi) is 5.88. The number of halogens is 4. The smallest absolute Gasteiger partial charge is 0.261 e. The second-order valence-corrected chi connectivity index (χ2v) is 6.09. The molecule has 0 aliphatic heterocycles. The zero-order valence-corrected chi connectivity index (χ0v) is 14.5. The maximum absolute atomic E-state index is 13.7. The average molecular weight is 402 g/mol. The van der Waals surface area contributed by atoms with E-state index in [2.05, 4.69) is 21.2 Å². The van der Waals surface area contributed by atoms with Crippen LogP contribution in [0.15, 0.2) is 40.9 Å². The molecule has 0 heterocycles. The Balaban J connectivity index is 2.02. The van der Waals surface area contributed by atoms with Crippen LogP contribution in [-0.2, 0) is 4.79 Å². The van der Waals surface area contributed by atoms with E-state index < -0.39 is 35.5 Å². The Morgan fingerprint density at radius 2 is 1.71 bits per heavy atom. The largest absolute Gasteiger partial charge is 0.480 e. The number of benzene rings is 2. The van der Waals surface area contributed by atoms with Crippen LogP contribution in [0, 0.1) is 17.5 Å². The summed E-state index contributed by atoms with van der Waals surface area (Å²) in [6.45, 7) is 3.09. The second kappa shape index (κ2) is 7.70. The third-order valence-electron chi connectivity index (χ3n) is 3.35. The molecule has 0 bridgehead atoms. The molecule has 2 aromatic carbocycles. The van der Waals surface area contributed by atoms with Crippen LogP contribution in [0.3, 0.4) is 0 Å². The fourth-order valence-corrected chi connectivity index (χ4v) is 2.52. The minimum Gasteiger partial charge on any atom is -0.480 e. The van der Waals surface area contributed by atoms with Crippen LogP contribution in [0.25, 0.3) is 0 Å². The van der Waals surface area contributed by atoms with Crippen LogP contribution >= 0.6 is 15.9 Å². The van der Waals surface area contributed by atoms with Gasteiger partial charge in [-0.15, -0.1) is 0 Å². The predicted octanol–water partition coefficient (Wildman–Crippen LogP) is 4.51. The molecule has 2 rings (SSSR count). The van der Waals surface area contributed by atoms with Gasteiger partial charge in [-0.3, -0.25) is 4.79 Å². The number of carbonyl (C=O) groups is 1. The molecule has 1 amide bonds. The minimum absolute atomic E-state index is 0.167. The summed E-state index contributed by atoms with van der Waals surface area (Å²) < 4.78 is 45.5. The Morgan fingerprint density at radius 3 is 2.33 bits per heavy atom. The van der Waals surface area contributed by atoms with E-state index in [1.165, 1.54) is 31.2 Å². The van der Waals surface area contributed by atoms with Crippen molar-refractivity contribution in [2.45, 2.75) is 26.0 Å². The molecule has 7 heteroatoms. The highest BCUT2D eigenvalue weighted by atomic mass is 79.9. The first-order valence-corrected chi connectivity index (χ1v) is 7.94. The Labute approximate surface area is 146 Å². The molecule has 3 nitrogen and oxygen atoms in total. The van der Waals surface area contributed by atoms with Gasteiger partial charge in [-0.25, -0.2) is 13.2 Å². The lowest BCUT2D eigenvalue weighted by Crippen LogP contribution is -2.38. The quantitative estimate of drug-likeness (QED) is 0.800. The molecule has 0 spiro atoms. The van der Waals surface area contributed by atoms with Gasteiger partial charge in [0.05, 0.1) is 10.5 Å². The van der Waals surface area contributed by atoms with Gasteiger partial charge in [-0.05, 0) is 54.0 Å². The molecule has 0 aliphatic carbocycles. The average Bonchev–Trinajstić information content (AvgIpc) is 2.49. The highest BCUT2D eigenvalue weighted by molar-refractivity contribution is 9.10. The number of hydrogen-bond donors (Lipinski definition) is 1. The molecule has 0 aliphatic rings. The van der Waals surface area contributed by atoms with Crippen LogP contribution in [0.5, 0.6) is 5.75 Å². The van der Waals surface area contributed by atoms with E-state index in [1.807, 2.05) is 0 Å². The van der Waals surface area contributed by atoms with Gasteiger partial charge in [0.2, 0.25) is 0 Å². The van der Waals surface area contributed by atoms with Gasteiger partial charge in [0.25, 0.3) is 5.91 Å². The van der Waals surface area contributed by atoms with Gasteiger partial charge in [-0.1, -0.05) is 6.07 Å². The highest BCUT2D eigenvalue weighted by Gasteiger charge is 2.20. The maximum atomic E-state index is 13.7. The first kappa shape index (κ1) is 18.3. The molecule has 0 aromatic heterocycles. The third-order valence-corrected chi connectivity index (χ3v) is 3.97. The van der Waals surface area contributed by atoms with Crippen LogP contribution in [0.4, 0.5) is 13.2 Å². The van der Waals surface area contributed by atoms with Crippen molar-refractivity contribution in [3.05, 3.63) is 63.9 Å². The molecule has 0 saturated heterocycles. The lowest BCUT2D eigenvalue weighted by molar-refractivity contribution is -0.127. The van der Waals surface area contributed by atoms with E-state index in [4.69, 9.17) is 4.74 Å². The number of nitrogens with one attached hydrogen (secondary N) is 1. The van der Waals surface area contributed by atoms with Crippen molar-refractivity contribution in [3.63, 3.8) is 0 Å². The molecule has 1 N–H and O–H groups in total. The lowest BCUT2D eigenvalue weighted by atomic mass is 10.1. The number of carbonyl (C=O) groups excluding carboxylic acids is 1. The first-order chi connectivity index (χ1) is 11.3. The van der Waals surface area contributed by atoms with Gasteiger partial charge in [-0.2, -0.15) is 0 Å². The molecular weight excluding hydrogens is 387 g/mol. The van der Waals surface area contributed by atoms with Gasteiger partial charge in [0.1, 0.15) is 23.2 Å². The summed E-state index contributed by atoms with van der Waals surface area (Å²) >= 11 is 3.15. The Hall–Kier alpha value is -2.02.